The molecule has 0 aliphatic carbocycles. The number of fused-ring (bicyclic) bond motifs is 1. The average molecular weight is 446 g/mol. The van der Waals surface area contributed by atoms with Crippen LogP contribution in [0.25, 0.3) is 21.3 Å². The van der Waals surface area contributed by atoms with Crippen LogP contribution in [0.5, 0.6) is 0 Å². The largest absolute Gasteiger partial charge is 0.349 e. The Morgan fingerprint density at radius 3 is 2.34 bits per heavy atom. The molecule has 0 saturated heterocycles. The van der Waals surface area contributed by atoms with Crippen molar-refractivity contribution in [3.8, 4) is 11.1 Å². The molecule has 2 aromatic heterocycles. The Morgan fingerprint density at radius 1 is 0.969 bits per heavy atom. The van der Waals surface area contributed by atoms with Crippen molar-refractivity contribution < 1.29 is 4.79 Å². The van der Waals surface area contributed by atoms with Crippen LogP contribution in [0.2, 0.25) is 0 Å². The minimum Gasteiger partial charge on any atom is -0.349 e. The number of rotatable bonds is 7. The number of likely N-dealkylation sites (N-methyl/N-ethyl adjacent to an activating group) is 1. The van der Waals surface area contributed by atoms with Crippen molar-refractivity contribution >= 4 is 39.0 Å². The van der Waals surface area contributed by atoms with Gasteiger partial charge in [0.05, 0.1) is 18.4 Å². The minimum absolute atomic E-state index is 0.0855. The lowest BCUT2D eigenvalue weighted by Gasteiger charge is -2.14. The highest BCUT2D eigenvalue weighted by molar-refractivity contribution is 7.17. The summed E-state index contributed by atoms with van der Waals surface area (Å²) in [4.78, 5) is 26.3. The summed E-state index contributed by atoms with van der Waals surface area (Å²) in [5.74, 6) is 1.66. The van der Waals surface area contributed by atoms with E-state index in [4.69, 9.17) is 9.97 Å². The first-order valence-electron chi connectivity index (χ1n) is 10.4. The SMILES string of the molecule is CN(C)Cc1nc(Nc2ccc(CC(=O)N(C)C)cc2)c2c(-c3ccccc3)csc2n1. The number of benzene rings is 2. The van der Waals surface area contributed by atoms with E-state index in [9.17, 15) is 4.79 Å². The molecule has 0 radical (unpaired) electrons. The Balaban J connectivity index is 1.71. The quantitative estimate of drug-likeness (QED) is 0.443. The number of nitrogens with zero attached hydrogens (tertiary/aromatic N) is 4. The highest BCUT2D eigenvalue weighted by Crippen LogP contribution is 2.38. The van der Waals surface area contributed by atoms with Crippen molar-refractivity contribution in [1.82, 2.24) is 19.8 Å². The number of nitrogens with one attached hydrogen (secondary N) is 1. The van der Waals surface area contributed by atoms with Crippen molar-refractivity contribution in [3.05, 3.63) is 71.4 Å². The van der Waals surface area contributed by atoms with Gasteiger partial charge >= 0.3 is 0 Å². The molecule has 0 bridgehead atoms. The molecule has 4 aromatic rings. The van der Waals surface area contributed by atoms with E-state index in [0.29, 0.717) is 13.0 Å². The summed E-state index contributed by atoms with van der Waals surface area (Å²) in [7, 11) is 7.57. The van der Waals surface area contributed by atoms with Gasteiger partial charge in [0.2, 0.25) is 5.91 Å². The van der Waals surface area contributed by atoms with Gasteiger partial charge in [-0.3, -0.25) is 4.79 Å². The van der Waals surface area contributed by atoms with Gasteiger partial charge in [-0.2, -0.15) is 0 Å². The number of carbonyl (C=O) groups is 1. The van der Waals surface area contributed by atoms with E-state index in [-0.39, 0.29) is 5.91 Å². The van der Waals surface area contributed by atoms with Crippen molar-refractivity contribution in [3.63, 3.8) is 0 Å². The van der Waals surface area contributed by atoms with Crippen molar-refractivity contribution in [1.29, 1.82) is 0 Å². The van der Waals surface area contributed by atoms with Gasteiger partial charge in [0.25, 0.3) is 0 Å². The summed E-state index contributed by atoms with van der Waals surface area (Å²) >= 11 is 1.63. The smallest absolute Gasteiger partial charge is 0.226 e. The van der Waals surface area contributed by atoms with Crippen molar-refractivity contribution in [2.45, 2.75) is 13.0 Å². The van der Waals surface area contributed by atoms with E-state index in [1.807, 2.05) is 56.6 Å². The number of aromatic nitrogens is 2. The molecule has 2 aromatic carbocycles. The highest BCUT2D eigenvalue weighted by Gasteiger charge is 2.16. The molecule has 7 heteroatoms. The highest BCUT2D eigenvalue weighted by atomic mass is 32.1. The maximum atomic E-state index is 12.0. The zero-order valence-corrected chi connectivity index (χ0v) is 19.6. The van der Waals surface area contributed by atoms with Gasteiger partial charge in [-0.05, 0) is 37.4 Å². The Hall–Kier alpha value is -3.29. The summed E-state index contributed by atoms with van der Waals surface area (Å²) < 4.78 is 0. The Labute approximate surface area is 192 Å². The molecular formula is C25H27N5OS. The fourth-order valence-electron chi connectivity index (χ4n) is 3.44. The summed E-state index contributed by atoms with van der Waals surface area (Å²) in [6, 6.07) is 18.3. The predicted molar refractivity (Wildman–Crippen MR) is 132 cm³/mol. The van der Waals surface area contributed by atoms with Gasteiger partial charge in [-0.15, -0.1) is 11.3 Å². The second-order valence-electron chi connectivity index (χ2n) is 8.21. The van der Waals surface area contributed by atoms with Crippen LogP contribution in [0.1, 0.15) is 11.4 Å². The summed E-state index contributed by atoms with van der Waals surface area (Å²) in [5, 5.41) is 6.67. The maximum Gasteiger partial charge on any atom is 0.226 e. The van der Waals surface area contributed by atoms with Crippen LogP contribution in [-0.4, -0.2) is 53.9 Å². The third-order valence-corrected chi connectivity index (χ3v) is 5.97. The minimum atomic E-state index is 0.0855. The standard InChI is InChI=1S/C25H27N5OS/c1-29(2)15-21-27-24(26-19-12-10-17(11-13-19)14-22(31)30(3)4)23-20(16-32-25(23)28-21)18-8-6-5-7-9-18/h5-13,16H,14-15H2,1-4H3,(H,26,27,28). The van der Waals surface area contributed by atoms with Gasteiger partial charge < -0.3 is 15.1 Å². The number of carbonyl (C=O) groups excluding carboxylic acids is 1. The molecule has 0 unspecified atom stereocenters. The van der Waals surface area contributed by atoms with E-state index in [1.165, 1.54) is 0 Å². The first-order valence-corrected chi connectivity index (χ1v) is 11.3. The fourth-order valence-corrected chi connectivity index (χ4v) is 4.40. The molecule has 0 aliphatic rings. The maximum absolute atomic E-state index is 12.0. The monoisotopic (exact) mass is 445 g/mol. The van der Waals surface area contributed by atoms with Crippen LogP contribution in [0.4, 0.5) is 11.5 Å². The lowest BCUT2D eigenvalue weighted by Crippen LogP contribution is -2.23. The van der Waals surface area contributed by atoms with Crippen LogP contribution < -0.4 is 5.32 Å². The Morgan fingerprint density at radius 2 is 1.69 bits per heavy atom. The predicted octanol–water partition coefficient (Wildman–Crippen LogP) is 4.79. The van der Waals surface area contributed by atoms with Gasteiger partial charge in [-0.1, -0.05) is 42.5 Å². The van der Waals surface area contributed by atoms with Gasteiger partial charge in [0.15, 0.2) is 0 Å². The second kappa shape index (κ2) is 9.46. The molecule has 0 fully saturated rings. The molecule has 1 N–H and O–H groups in total. The van der Waals surface area contributed by atoms with Crippen molar-refractivity contribution in [2.75, 3.05) is 33.5 Å². The number of thiophene rings is 1. The molecule has 164 valence electrons. The molecular weight excluding hydrogens is 418 g/mol. The fraction of sp³-hybridized carbons (Fsp3) is 0.240. The van der Waals surface area contributed by atoms with E-state index in [0.717, 1.165) is 44.2 Å². The van der Waals surface area contributed by atoms with Crippen molar-refractivity contribution in [2.24, 2.45) is 0 Å². The first-order chi connectivity index (χ1) is 15.4. The second-order valence-corrected chi connectivity index (χ2v) is 9.07. The number of hydrogen-bond acceptors (Lipinski definition) is 6. The van der Waals surface area contributed by atoms with Gasteiger partial charge in [0, 0.05) is 30.7 Å². The van der Waals surface area contributed by atoms with E-state index >= 15 is 0 Å². The lowest BCUT2D eigenvalue weighted by atomic mass is 10.1. The van der Waals surface area contributed by atoms with Crippen LogP contribution in [0, 0.1) is 0 Å². The lowest BCUT2D eigenvalue weighted by molar-refractivity contribution is -0.127. The van der Waals surface area contributed by atoms with E-state index in [2.05, 4.69) is 27.7 Å². The third-order valence-electron chi connectivity index (χ3n) is 5.09. The molecule has 0 atom stereocenters. The molecule has 6 nitrogen and oxygen atoms in total. The molecule has 0 spiro atoms. The van der Waals surface area contributed by atoms with Gasteiger partial charge in [0.1, 0.15) is 16.5 Å². The van der Waals surface area contributed by atoms with Crippen LogP contribution in [0.3, 0.4) is 0 Å². The van der Waals surface area contributed by atoms with E-state index < -0.39 is 0 Å². The molecule has 1 amide bonds. The third kappa shape index (κ3) is 4.95. The first kappa shape index (κ1) is 21.9. The average Bonchev–Trinajstić information content (AvgIpc) is 3.19. The molecule has 4 rings (SSSR count). The van der Waals surface area contributed by atoms with Crippen LogP contribution in [0.15, 0.2) is 60.0 Å². The summed E-state index contributed by atoms with van der Waals surface area (Å²) in [6.45, 7) is 0.661. The molecule has 0 saturated carbocycles. The molecule has 32 heavy (non-hydrogen) atoms. The zero-order valence-electron chi connectivity index (χ0n) is 18.8. The zero-order chi connectivity index (χ0) is 22.7. The number of hydrogen-bond donors (Lipinski definition) is 1. The van der Waals surface area contributed by atoms with Crippen LogP contribution in [-0.2, 0) is 17.8 Å². The topological polar surface area (TPSA) is 61.4 Å². The number of amides is 1. The normalized spacial score (nSPS) is 11.2. The van der Waals surface area contributed by atoms with E-state index in [1.54, 1.807) is 30.3 Å². The number of anilines is 2. The molecule has 0 aliphatic heterocycles. The Bertz CT molecular complexity index is 1220. The van der Waals surface area contributed by atoms with Crippen LogP contribution >= 0.6 is 11.3 Å². The van der Waals surface area contributed by atoms with Gasteiger partial charge in [-0.25, -0.2) is 9.97 Å². The summed E-state index contributed by atoms with van der Waals surface area (Å²) in [5.41, 5.74) is 4.17. The Kier molecular flexibility index (Phi) is 6.48. The summed E-state index contributed by atoms with van der Waals surface area (Å²) in [6.07, 6.45) is 0.390. The molecule has 2 heterocycles.